The predicted molar refractivity (Wildman–Crippen MR) is 127 cm³/mol. The van der Waals surface area contributed by atoms with Crippen LogP contribution < -0.4 is 10.1 Å². The second kappa shape index (κ2) is 11.6. The van der Waals surface area contributed by atoms with E-state index in [-0.39, 0.29) is 23.3 Å². The summed E-state index contributed by atoms with van der Waals surface area (Å²) in [7, 11) is -0.909. The Kier molecular flexibility index (Phi) is 8.78. The third-order valence-corrected chi connectivity index (χ3v) is 7.63. The lowest BCUT2D eigenvalue weighted by Crippen LogP contribution is -2.45. The molecule has 1 aliphatic rings. The molecule has 9 nitrogen and oxygen atoms in total. The average Bonchev–Trinajstić information content (AvgIpc) is 2.85. The molecule has 1 N–H and O–H groups in total. The molecule has 10 heteroatoms. The molecule has 34 heavy (non-hydrogen) atoms. The summed E-state index contributed by atoms with van der Waals surface area (Å²) in [5, 5.41) is 2.88. The highest BCUT2D eigenvalue weighted by molar-refractivity contribution is 7.89. The molecule has 2 aromatic rings. The molecule has 184 valence electrons. The quantitative estimate of drug-likeness (QED) is 0.507. The highest BCUT2D eigenvalue weighted by atomic mass is 32.2. The van der Waals surface area contributed by atoms with Gasteiger partial charge < -0.3 is 14.8 Å². The summed E-state index contributed by atoms with van der Waals surface area (Å²) in [6.07, 6.45) is 0. The molecule has 2 aromatic carbocycles. The zero-order valence-electron chi connectivity index (χ0n) is 19.7. The number of carbonyl (C=O) groups excluding carboxylic acids is 2. The molecule has 1 fully saturated rings. The number of amides is 1. The number of nitrogens with one attached hydrogen (secondary N) is 1. The van der Waals surface area contributed by atoms with Crippen molar-refractivity contribution in [3.63, 3.8) is 0 Å². The molecule has 1 saturated heterocycles. The van der Waals surface area contributed by atoms with Gasteiger partial charge in [-0.2, -0.15) is 4.31 Å². The van der Waals surface area contributed by atoms with Gasteiger partial charge in [-0.25, -0.2) is 8.42 Å². The van der Waals surface area contributed by atoms with Gasteiger partial charge in [-0.1, -0.05) is 24.3 Å². The number of sulfonamides is 1. The van der Waals surface area contributed by atoms with Gasteiger partial charge in [-0.3, -0.25) is 14.5 Å². The Labute approximate surface area is 200 Å². The molecule has 3 rings (SSSR count). The normalized spacial score (nSPS) is 15.6. The van der Waals surface area contributed by atoms with Gasteiger partial charge in [0, 0.05) is 32.2 Å². The first-order chi connectivity index (χ1) is 16.2. The van der Waals surface area contributed by atoms with Crippen molar-refractivity contribution in [2.45, 2.75) is 17.9 Å². The molecular formula is C24H31N3O6S. The molecule has 0 aromatic heterocycles. The first kappa shape index (κ1) is 25.8. The van der Waals surface area contributed by atoms with E-state index < -0.39 is 15.9 Å². The van der Waals surface area contributed by atoms with Crippen LogP contribution >= 0.6 is 0 Å². The fourth-order valence-corrected chi connectivity index (χ4v) is 4.90. The molecule has 0 saturated carbocycles. The van der Waals surface area contributed by atoms with E-state index in [9.17, 15) is 18.0 Å². The number of ketones is 1. The van der Waals surface area contributed by atoms with E-state index >= 15 is 0 Å². The fraction of sp³-hybridized carbons (Fsp3) is 0.417. The summed E-state index contributed by atoms with van der Waals surface area (Å²) in [5.74, 6) is 0.193. The number of carbonyl (C=O) groups is 2. The van der Waals surface area contributed by atoms with Crippen molar-refractivity contribution in [1.82, 2.24) is 14.5 Å². The van der Waals surface area contributed by atoms with E-state index in [1.165, 1.54) is 38.2 Å². The Morgan fingerprint density at radius 2 is 1.71 bits per heavy atom. The zero-order chi connectivity index (χ0) is 24.7. The molecule has 0 radical (unpaired) electrons. The highest BCUT2D eigenvalue weighted by Crippen LogP contribution is 2.24. The second-order valence-corrected chi connectivity index (χ2v) is 10.1. The van der Waals surface area contributed by atoms with Crippen LogP contribution in [0.5, 0.6) is 5.75 Å². The van der Waals surface area contributed by atoms with Crippen LogP contribution in [0.2, 0.25) is 0 Å². The maximum absolute atomic E-state index is 12.8. The lowest BCUT2D eigenvalue weighted by atomic mass is 10.0. The number of hydrogen-bond acceptors (Lipinski definition) is 7. The van der Waals surface area contributed by atoms with Crippen molar-refractivity contribution in [3.05, 3.63) is 59.7 Å². The molecular weight excluding hydrogens is 458 g/mol. The summed E-state index contributed by atoms with van der Waals surface area (Å²) >= 11 is 0. The van der Waals surface area contributed by atoms with Crippen LogP contribution in [0.25, 0.3) is 0 Å². The van der Waals surface area contributed by atoms with Crippen molar-refractivity contribution in [2.24, 2.45) is 0 Å². The predicted octanol–water partition coefficient (Wildman–Crippen LogP) is 1.71. The molecule has 1 atom stereocenters. The molecule has 1 heterocycles. The van der Waals surface area contributed by atoms with Gasteiger partial charge in [0.05, 0.1) is 37.8 Å². The number of Topliss-reactive ketones (excluding diaryl/α,β-unsaturated/α-hetero) is 1. The number of likely N-dealkylation sites (N-methyl/N-ethyl adjacent to an activating group) is 1. The number of rotatable bonds is 10. The minimum atomic E-state index is -3.88. The summed E-state index contributed by atoms with van der Waals surface area (Å²) < 4.78 is 37.4. The van der Waals surface area contributed by atoms with Crippen LogP contribution in [0.15, 0.2) is 53.4 Å². The van der Waals surface area contributed by atoms with Crippen LogP contribution in [0.3, 0.4) is 0 Å². The number of benzene rings is 2. The standard InChI is InChI=1S/C24H31N3O6S/c1-18(28)19-6-10-22(11-7-19)34(30,31)26(2)17-24(29)25-16-23(27-12-14-33-15-13-27)20-4-8-21(32-3)9-5-20/h4-11,23H,12-17H2,1-3H3,(H,25,29)/t23-/m1/s1. The van der Waals surface area contributed by atoms with E-state index in [0.29, 0.717) is 25.3 Å². The van der Waals surface area contributed by atoms with Crippen LogP contribution in [0, 0.1) is 0 Å². The highest BCUT2D eigenvalue weighted by Gasteiger charge is 2.26. The summed E-state index contributed by atoms with van der Waals surface area (Å²) in [4.78, 5) is 26.4. The molecule has 0 aliphatic carbocycles. The Balaban J connectivity index is 1.65. The SMILES string of the molecule is COc1ccc([C@@H](CNC(=O)CN(C)S(=O)(=O)c2ccc(C(C)=O)cc2)N2CCOCC2)cc1. The summed E-state index contributed by atoms with van der Waals surface area (Å²) in [5.41, 5.74) is 1.45. The van der Waals surface area contributed by atoms with Gasteiger partial charge in [0.25, 0.3) is 0 Å². The van der Waals surface area contributed by atoms with Crippen LogP contribution in [0.4, 0.5) is 0 Å². The van der Waals surface area contributed by atoms with Crippen molar-refractivity contribution < 1.29 is 27.5 Å². The van der Waals surface area contributed by atoms with E-state index in [0.717, 1.165) is 28.7 Å². The monoisotopic (exact) mass is 489 g/mol. The molecule has 0 spiro atoms. The Morgan fingerprint density at radius 3 is 2.26 bits per heavy atom. The topological polar surface area (TPSA) is 105 Å². The van der Waals surface area contributed by atoms with Crippen LogP contribution in [-0.2, 0) is 19.6 Å². The largest absolute Gasteiger partial charge is 0.497 e. The van der Waals surface area contributed by atoms with E-state index in [2.05, 4.69) is 10.2 Å². The number of nitrogens with zero attached hydrogens (tertiary/aromatic N) is 2. The number of methoxy groups -OCH3 is 1. The van der Waals surface area contributed by atoms with Gasteiger partial charge in [-0.05, 0) is 36.8 Å². The lowest BCUT2D eigenvalue weighted by Gasteiger charge is -2.35. The third-order valence-electron chi connectivity index (χ3n) is 5.81. The van der Waals surface area contributed by atoms with Crippen molar-refractivity contribution in [1.29, 1.82) is 0 Å². The minimum Gasteiger partial charge on any atom is -0.497 e. The Hall–Kier alpha value is -2.79. The van der Waals surface area contributed by atoms with E-state index in [4.69, 9.17) is 9.47 Å². The molecule has 1 amide bonds. The maximum Gasteiger partial charge on any atom is 0.243 e. The zero-order valence-corrected chi connectivity index (χ0v) is 20.5. The summed E-state index contributed by atoms with van der Waals surface area (Å²) in [6.45, 7) is 4.11. The number of morpholine rings is 1. The maximum atomic E-state index is 12.8. The van der Waals surface area contributed by atoms with Crippen LogP contribution in [-0.4, -0.2) is 82.9 Å². The average molecular weight is 490 g/mol. The first-order valence-corrected chi connectivity index (χ1v) is 12.5. The van der Waals surface area contributed by atoms with Crippen molar-refractivity contribution >= 4 is 21.7 Å². The smallest absolute Gasteiger partial charge is 0.243 e. The Bertz CT molecular complexity index is 1080. The van der Waals surface area contributed by atoms with E-state index in [1.54, 1.807) is 7.11 Å². The van der Waals surface area contributed by atoms with E-state index in [1.807, 2.05) is 24.3 Å². The summed E-state index contributed by atoms with van der Waals surface area (Å²) in [6, 6.07) is 13.3. The van der Waals surface area contributed by atoms with Gasteiger partial charge >= 0.3 is 0 Å². The van der Waals surface area contributed by atoms with Gasteiger partial charge in [0.2, 0.25) is 15.9 Å². The van der Waals surface area contributed by atoms with Crippen LogP contribution in [0.1, 0.15) is 28.9 Å². The number of ether oxygens (including phenoxy) is 2. The van der Waals surface area contributed by atoms with Gasteiger partial charge in [0.15, 0.2) is 5.78 Å². The lowest BCUT2D eigenvalue weighted by molar-refractivity contribution is -0.121. The minimum absolute atomic E-state index is 0.0252. The molecule has 0 bridgehead atoms. The van der Waals surface area contributed by atoms with Crippen molar-refractivity contribution in [2.75, 3.05) is 53.6 Å². The van der Waals surface area contributed by atoms with Crippen molar-refractivity contribution in [3.8, 4) is 5.75 Å². The second-order valence-electron chi connectivity index (χ2n) is 8.08. The van der Waals surface area contributed by atoms with Gasteiger partial charge in [0.1, 0.15) is 5.75 Å². The fourth-order valence-electron chi connectivity index (χ4n) is 3.77. The third kappa shape index (κ3) is 6.41. The number of hydrogen-bond donors (Lipinski definition) is 1. The Morgan fingerprint density at radius 1 is 1.09 bits per heavy atom. The molecule has 0 unspecified atom stereocenters. The van der Waals surface area contributed by atoms with Gasteiger partial charge in [-0.15, -0.1) is 0 Å². The molecule has 1 aliphatic heterocycles. The first-order valence-electron chi connectivity index (χ1n) is 11.0.